The van der Waals surface area contributed by atoms with Gasteiger partial charge in [0.15, 0.2) is 0 Å². The molecule has 2 N–H and O–H groups in total. The van der Waals surface area contributed by atoms with Crippen molar-refractivity contribution in [3.63, 3.8) is 0 Å². The highest BCUT2D eigenvalue weighted by Crippen LogP contribution is 2.30. The Morgan fingerprint density at radius 3 is 2.94 bits per heavy atom. The maximum absolute atomic E-state index is 12.4. The molecule has 0 aromatic carbocycles. The Morgan fingerprint density at radius 1 is 1.50 bits per heavy atom. The van der Waals surface area contributed by atoms with Gasteiger partial charge in [0.1, 0.15) is 19.5 Å². The molecule has 0 saturated heterocycles. The fourth-order valence-electron chi connectivity index (χ4n) is 2.85. The lowest BCUT2D eigenvalue weighted by atomic mass is 10.0. The first-order valence-corrected chi connectivity index (χ1v) is 6.73. The summed E-state index contributed by atoms with van der Waals surface area (Å²) in [7, 11) is 0. The van der Waals surface area contributed by atoms with Gasteiger partial charge >= 0.3 is 0 Å². The molecule has 102 valence electrons. The summed E-state index contributed by atoms with van der Waals surface area (Å²) >= 11 is 0. The van der Waals surface area contributed by atoms with Crippen molar-refractivity contribution < 1.29 is 14.3 Å². The third-order valence-electron chi connectivity index (χ3n) is 3.78. The largest absolute Gasteiger partial charge is 0.494 e. The summed E-state index contributed by atoms with van der Waals surface area (Å²) in [6.07, 6.45) is 4.73. The molecule has 2 rings (SSSR count). The van der Waals surface area contributed by atoms with Crippen LogP contribution in [0.15, 0.2) is 12.0 Å². The normalized spacial score (nSPS) is 27.1. The lowest BCUT2D eigenvalue weighted by molar-refractivity contribution is -0.135. The highest BCUT2D eigenvalue weighted by Gasteiger charge is 2.35. The quantitative estimate of drug-likeness (QED) is 0.808. The van der Waals surface area contributed by atoms with Crippen molar-refractivity contribution in [2.24, 2.45) is 11.7 Å². The number of nitrogens with zero attached hydrogens (tertiary/aromatic N) is 1. The summed E-state index contributed by atoms with van der Waals surface area (Å²) in [5, 5.41) is 0. The molecule has 5 heteroatoms. The Bertz CT molecular complexity index is 330. The lowest BCUT2D eigenvalue weighted by Crippen LogP contribution is -2.45. The Labute approximate surface area is 108 Å². The monoisotopic (exact) mass is 254 g/mol. The molecular formula is C13H22N2O3. The Hall–Kier alpha value is -1.23. The van der Waals surface area contributed by atoms with E-state index in [1.807, 2.05) is 11.8 Å². The molecule has 5 nitrogen and oxygen atoms in total. The molecule has 2 aliphatic rings. The van der Waals surface area contributed by atoms with Crippen LogP contribution in [0.3, 0.4) is 0 Å². The average Bonchev–Trinajstić information content (AvgIpc) is 2.89. The maximum Gasteiger partial charge on any atom is 0.292 e. The molecule has 18 heavy (non-hydrogen) atoms. The minimum atomic E-state index is -0.0671. The van der Waals surface area contributed by atoms with Gasteiger partial charge in [-0.05, 0) is 32.2 Å². The fraction of sp³-hybridized carbons (Fsp3) is 0.769. The molecule has 2 unspecified atom stereocenters. The zero-order valence-corrected chi connectivity index (χ0v) is 10.9. The van der Waals surface area contributed by atoms with Crippen molar-refractivity contribution in [1.82, 2.24) is 4.90 Å². The van der Waals surface area contributed by atoms with E-state index in [9.17, 15) is 4.79 Å². The summed E-state index contributed by atoms with van der Waals surface area (Å²) in [6, 6.07) is 0.249. The van der Waals surface area contributed by atoms with Gasteiger partial charge in [-0.2, -0.15) is 0 Å². The molecule has 1 amide bonds. The molecule has 1 heterocycles. The molecule has 1 aliphatic carbocycles. The first-order valence-electron chi connectivity index (χ1n) is 6.73. The molecule has 0 aromatic heterocycles. The molecule has 0 radical (unpaired) electrons. The number of hydrogen-bond donors (Lipinski definition) is 1. The second-order valence-corrected chi connectivity index (χ2v) is 4.79. The van der Waals surface area contributed by atoms with Gasteiger partial charge < -0.3 is 20.1 Å². The molecule has 2 atom stereocenters. The van der Waals surface area contributed by atoms with Gasteiger partial charge in [0, 0.05) is 12.6 Å². The number of likely N-dealkylation sites (N-methyl/N-ethyl adjacent to an activating group) is 1. The Kier molecular flexibility index (Phi) is 4.47. The second kappa shape index (κ2) is 6.09. The van der Waals surface area contributed by atoms with E-state index < -0.39 is 0 Å². The number of carbonyl (C=O) groups excluding carboxylic acids is 1. The summed E-state index contributed by atoms with van der Waals surface area (Å²) in [4.78, 5) is 14.3. The van der Waals surface area contributed by atoms with Crippen LogP contribution in [0, 0.1) is 5.92 Å². The van der Waals surface area contributed by atoms with Crippen molar-refractivity contribution >= 4 is 5.91 Å². The Morgan fingerprint density at radius 2 is 2.33 bits per heavy atom. The summed E-state index contributed by atoms with van der Waals surface area (Å²) in [5.41, 5.74) is 5.79. The van der Waals surface area contributed by atoms with Gasteiger partial charge in [0.25, 0.3) is 5.91 Å². The average molecular weight is 254 g/mol. The smallest absolute Gasteiger partial charge is 0.292 e. The topological polar surface area (TPSA) is 64.8 Å². The van der Waals surface area contributed by atoms with E-state index >= 15 is 0 Å². The Balaban J connectivity index is 2.07. The molecule has 0 bridgehead atoms. The van der Waals surface area contributed by atoms with Crippen molar-refractivity contribution in [1.29, 1.82) is 0 Å². The molecule has 1 saturated carbocycles. The third kappa shape index (κ3) is 2.61. The zero-order valence-electron chi connectivity index (χ0n) is 10.9. The van der Waals surface area contributed by atoms with Crippen LogP contribution in [0.4, 0.5) is 0 Å². The summed E-state index contributed by atoms with van der Waals surface area (Å²) in [5.74, 6) is 0.673. The number of hydrogen-bond acceptors (Lipinski definition) is 4. The van der Waals surface area contributed by atoms with Gasteiger partial charge in [-0.3, -0.25) is 4.79 Å². The van der Waals surface area contributed by atoms with E-state index in [4.69, 9.17) is 15.2 Å². The third-order valence-corrected chi connectivity index (χ3v) is 3.78. The van der Waals surface area contributed by atoms with Crippen LogP contribution in [0.2, 0.25) is 0 Å². The second-order valence-electron chi connectivity index (χ2n) is 4.79. The van der Waals surface area contributed by atoms with Crippen molar-refractivity contribution in [2.75, 3.05) is 26.3 Å². The maximum atomic E-state index is 12.4. The summed E-state index contributed by atoms with van der Waals surface area (Å²) < 4.78 is 10.5. The van der Waals surface area contributed by atoms with E-state index in [0.29, 0.717) is 38.0 Å². The molecule has 1 aliphatic heterocycles. The van der Waals surface area contributed by atoms with Gasteiger partial charge in [-0.15, -0.1) is 0 Å². The summed E-state index contributed by atoms with van der Waals surface area (Å²) in [6.45, 7) is 4.28. The van der Waals surface area contributed by atoms with Crippen LogP contribution in [0.5, 0.6) is 0 Å². The number of carbonyl (C=O) groups is 1. The lowest BCUT2D eigenvalue weighted by Gasteiger charge is -2.32. The van der Waals surface area contributed by atoms with E-state index in [2.05, 4.69) is 0 Å². The number of nitrogens with two attached hydrogens (primary N) is 1. The van der Waals surface area contributed by atoms with E-state index in [0.717, 1.165) is 19.3 Å². The highest BCUT2D eigenvalue weighted by atomic mass is 16.6. The van der Waals surface area contributed by atoms with Gasteiger partial charge in [-0.1, -0.05) is 6.42 Å². The molecular weight excluding hydrogens is 232 g/mol. The molecule has 0 aromatic rings. The zero-order chi connectivity index (χ0) is 13.0. The van der Waals surface area contributed by atoms with Crippen LogP contribution in [-0.2, 0) is 14.3 Å². The van der Waals surface area contributed by atoms with Crippen molar-refractivity contribution in [3.05, 3.63) is 12.0 Å². The first kappa shape index (κ1) is 13.2. The van der Waals surface area contributed by atoms with Crippen molar-refractivity contribution in [3.8, 4) is 0 Å². The van der Waals surface area contributed by atoms with E-state index in [1.54, 1.807) is 0 Å². The number of ether oxygens (including phenoxy) is 2. The highest BCUT2D eigenvalue weighted by molar-refractivity contribution is 5.91. The minimum Gasteiger partial charge on any atom is -0.494 e. The van der Waals surface area contributed by atoms with Crippen LogP contribution < -0.4 is 5.73 Å². The predicted octanol–water partition coefficient (Wildman–Crippen LogP) is 0.850. The van der Waals surface area contributed by atoms with Gasteiger partial charge in [0.2, 0.25) is 5.76 Å². The van der Waals surface area contributed by atoms with E-state index in [1.165, 1.54) is 6.26 Å². The number of rotatable bonds is 4. The molecule has 1 fully saturated rings. The first-order chi connectivity index (χ1) is 8.77. The standard InChI is InChI=1S/C13H22N2O3/c1-2-15(11-5-3-4-10(11)8-14)13(16)12-9-17-6-7-18-12/h9-11H,2-8,14H2,1H3. The van der Waals surface area contributed by atoms with Crippen LogP contribution in [0.1, 0.15) is 26.2 Å². The van der Waals surface area contributed by atoms with Gasteiger partial charge in [-0.25, -0.2) is 0 Å². The predicted molar refractivity (Wildman–Crippen MR) is 67.6 cm³/mol. The fourth-order valence-corrected chi connectivity index (χ4v) is 2.85. The van der Waals surface area contributed by atoms with E-state index in [-0.39, 0.29) is 11.9 Å². The van der Waals surface area contributed by atoms with Crippen molar-refractivity contribution in [2.45, 2.75) is 32.2 Å². The van der Waals surface area contributed by atoms with Crippen LogP contribution in [-0.4, -0.2) is 43.2 Å². The minimum absolute atomic E-state index is 0.0671. The van der Waals surface area contributed by atoms with Crippen LogP contribution >= 0.6 is 0 Å². The SMILES string of the molecule is CCN(C(=O)C1=COCCO1)C1CCCC1CN. The molecule has 0 spiro atoms. The van der Waals surface area contributed by atoms with Crippen LogP contribution in [0.25, 0.3) is 0 Å². The number of amides is 1. The van der Waals surface area contributed by atoms with Gasteiger partial charge in [0.05, 0.1) is 0 Å².